The highest BCUT2D eigenvalue weighted by atomic mass is 28.4. The molecule has 0 amide bonds. The number of terminal acetylenes is 1. The Morgan fingerprint density at radius 2 is 1.53 bits per heavy atom. The SMILES string of the molecule is C#CC(OC(=O)c1ccccc1)C1(C(=C)O[Si](C(C)C)(C(C)C)C(C)C)CCCC1. The Kier molecular flexibility index (Phi) is 7.99. The molecule has 1 aromatic carbocycles. The maximum absolute atomic E-state index is 12.8. The van der Waals surface area contributed by atoms with Crippen molar-refractivity contribution in [3.63, 3.8) is 0 Å². The summed E-state index contributed by atoms with van der Waals surface area (Å²) in [6.07, 6.45) is 8.98. The Hall–Kier alpha value is -1.99. The van der Waals surface area contributed by atoms with E-state index in [4.69, 9.17) is 15.6 Å². The van der Waals surface area contributed by atoms with Gasteiger partial charge < -0.3 is 9.16 Å². The van der Waals surface area contributed by atoms with E-state index < -0.39 is 25.8 Å². The standard InChI is InChI=1S/C26H38O3Si/c1-9-24(28-25(27)23-15-11-10-12-16-23)26(17-13-14-18-26)22(8)29-30(19(2)3,20(4)5)21(6)7/h1,10-12,15-16,19-21,24H,8,13-14,17-18H2,2-7H3. The van der Waals surface area contributed by atoms with Crippen molar-refractivity contribution in [3.8, 4) is 12.3 Å². The molecule has 1 unspecified atom stereocenters. The smallest absolute Gasteiger partial charge is 0.339 e. The number of hydrogen-bond donors (Lipinski definition) is 0. The molecule has 1 saturated carbocycles. The molecule has 0 spiro atoms. The van der Waals surface area contributed by atoms with Crippen LogP contribution in [0.4, 0.5) is 0 Å². The van der Waals surface area contributed by atoms with Gasteiger partial charge in [-0.3, -0.25) is 0 Å². The van der Waals surface area contributed by atoms with Crippen LogP contribution in [0.2, 0.25) is 16.6 Å². The van der Waals surface area contributed by atoms with Gasteiger partial charge >= 0.3 is 5.97 Å². The first-order chi connectivity index (χ1) is 14.1. The number of carbonyl (C=O) groups is 1. The van der Waals surface area contributed by atoms with Gasteiger partial charge in [0.1, 0.15) is 0 Å². The highest BCUT2D eigenvalue weighted by Crippen LogP contribution is 2.52. The van der Waals surface area contributed by atoms with Gasteiger partial charge in [-0.05, 0) is 41.6 Å². The molecule has 0 bridgehead atoms. The molecule has 3 nitrogen and oxygen atoms in total. The molecule has 164 valence electrons. The van der Waals surface area contributed by atoms with Gasteiger partial charge in [-0.15, -0.1) is 6.42 Å². The number of benzene rings is 1. The van der Waals surface area contributed by atoms with Crippen molar-refractivity contribution in [1.82, 2.24) is 0 Å². The summed E-state index contributed by atoms with van der Waals surface area (Å²) in [5.74, 6) is 3.11. The third-order valence-electron chi connectivity index (χ3n) is 6.95. The first kappa shape index (κ1) is 24.3. The number of rotatable bonds is 9. The Bertz CT molecular complexity index is 745. The van der Waals surface area contributed by atoms with Gasteiger partial charge in [-0.1, -0.05) is 85.1 Å². The van der Waals surface area contributed by atoms with E-state index >= 15 is 0 Å². The fraction of sp³-hybridized carbons (Fsp3) is 0.577. The third-order valence-corrected chi connectivity index (χ3v) is 13.0. The van der Waals surface area contributed by atoms with E-state index in [9.17, 15) is 4.79 Å². The van der Waals surface area contributed by atoms with Gasteiger partial charge in [0.05, 0.1) is 16.7 Å². The van der Waals surface area contributed by atoms with E-state index in [0.717, 1.165) is 31.4 Å². The third kappa shape index (κ3) is 4.52. The Morgan fingerprint density at radius 1 is 1.03 bits per heavy atom. The van der Waals surface area contributed by atoms with Crippen LogP contribution in [0.15, 0.2) is 42.7 Å². The van der Waals surface area contributed by atoms with Crippen molar-refractivity contribution in [2.24, 2.45) is 5.41 Å². The summed E-state index contributed by atoms with van der Waals surface area (Å²) < 4.78 is 12.8. The van der Waals surface area contributed by atoms with Gasteiger partial charge in [0, 0.05) is 0 Å². The Balaban J connectivity index is 2.36. The van der Waals surface area contributed by atoms with Crippen LogP contribution >= 0.6 is 0 Å². The molecule has 1 aliphatic rings. The van der Waals surface area contributed by atoms with Crippen LogP contribution in [0.5, 0.6) is 0 Å². The van der Waals surface area contributed by atoms with E-state index in [2.05, 4.69) is 54.0 Å². The molecule has 2 rings (SSSR count). The fourth-order valence-corrected chi connectivity index (χ4v) is 10.8. The Labute approximate surface area is 184 Å². The highest BCUT2D eigenvalue weighted by molar-refractivity contribution is 6.77. The topological polar surface area (TPSA) is 35.5 Å². The second kappa shape index (κ2) is 9.88. The van der Waals surface area contributed by atoms with Crippen molar-refractivity contribution >= 4 is 14.3 Å². The van der Waals surface area contributed by atoms with Crippen LogP contribution < -0.4 is 0 Å². The van der Waals surface area contributed by atoms with E-state index in [1.165, 1.54) is 0 Å². The summed E-state index contributed by atoms with van der Waals surface area (Å²) in [6, 6.07) is 9.01. The van der Waals surface area contributed by atoms with Crippen LogP contribution in [0.1, 0.15) is 77.6 Å². The summed E-state index contributed by atoms with van der Waals surface area (Å²) >= 11 is 0. The first-order valence-electron chi connectivity index (χ1n) is 11.2. The van der Waals surface area contributed by atoms with Crippen LogP contribution in [0.25, 0.3) is 0 Å². The van der Waals surface area contributed by atoms with Crippen LogP contribution in [0, 0.1) is 17.8 Å². The normalized spacial score (nSPS) is 17.1. The minimum atomic E-state index is -2.18. The van der Waals surface area contributed by atoms with E-state index in [1.54, 1.807) is 12.1 Å². The summed E-state index contributed by atoms with van der Waals surface area (Å²) in [6.45, 7) is 18.0. The minimum absolute atomic E-state index is 0.391. The van der Waals surface area contributed by atoms with Gasteiger partial charge in [0.25, 0.3) is 8.32 Å². The first-order valence-corrected chi connectivity index (χ1v) is 13.4. The van der Waals surface area contributed by atoms with E-state index in [-0.39, 0.29) is 0 Å². The molecule has 1 aromatic rings. The summed E-state index contributed by atoms with van der Waals surface area (Å²) in [5, 5.41) is 0. The van der Waals surface area contributed by atoms with Crippen molar-refractivity contribution in [2.75, 3.05) is 0 Å². The molecule has 1 aliphatic carbocycles. The number of hydrogen-bond acceptors (Lipinski definition) is 3. The lowest BCUT2D eigenvalue weighted by Crippen LogP contribution is -2.50. The highest BCUT2D eigenvalue weighted by Gasteiger charge is 2.53. The number of carbonyl (C=O) groups excluding carboxylic acids is 1. The van der Waals surface area contributed by atoms with Crippen LogP contribution in [-0.2, 0) is 9.16 Å². The lowest BCUT2D eigenvalue weighted by Gasteiger charge is -2.46. The quantitative estimate of drug-likeness (QED) is 0.183. The zero-order chi connectivity index (χ0) is 22.5. The van der Waals surface area contributed by atoms with Crippen LogP contribution in [0.3, 0.4) is 0 Å². The molecule has 1 fully saturated rings. The molecular formula is C26H38O3Si. The lowest BCUT2D eigenvalue weighted by molar-refractivity contribution is 0.00633. The van der Waals surface area contributed by atoms with Gasteiger partial charge in [-0.2, -0.15) is 0 Å². The lowest BCUT2D eigenvalue weighted by atomic mass is 9.79. The van der Waals surface area contributed by atoms with E-state index in [0.29, 0.717) is 22.2 Å². The molecule has 0 saturated heterocycles. The molecule has 0 radical (unpaired) electrons. The molecule has 4 heteroatoms. The van der Waals surface area contributed by atoms with Crippen molar-refractivity contribution < 1.29 is 14.0 Å². The zero-order valence-corrected chi connectivity index (χ0v) is 20.5. The van der Waals surface area contributed by atoms with Gasteiger partial charge in [-0.25, -0.2) is 4.79 Å². The number of ether oxygens (including phenoxy) is 1. The summed E-state index contributed by atoms with van der Waals surface area (Å²) in [5.41, 5.74) is 1.29. The molecule has 30 heavy (non-hydrogen) atoms. The average molecular weight is 427 g/mol. The van der Waals surface area contributed by atoms with Crippen molar-refractivity contribution in [3.05, 3.63) is 48.2 Å². The monoisotopic (exact) mass is 426 g/mol. The predicted molar refractivity (Wildman–Crippen MR) is 127 cm³/mol. The van der Waals surface area contributed by atoms with Crippen LogP contribution in [-0.4, -0.2) is 20.4 Å². The average Bonchev–Trinajstić information content (AvgIpc) is 3.20. The predicted octanol–water partition coefficient (Wildman–Crippen LogP) is 7.11. The number of esters is 1. The van der Waals surface area contributed by atoms with Crippen molar-refractivity contribution in [2.45, 2.75) is 90.0 Å². The van der Waals surface area contributed by atoms with Gasteiger partial charge in [0.2, 0.25) is 0 Å². The Morgan fingerprint density at radius 3 is 1.97 bits per heavy atom. The van der Waals surface area contributed by atoms with E-state index in [1.807, 2.05) is 18.2 Å². The molecule has 1 atom stereocenters. The van der Waals surface area contributed by atoms with Crippen molar-refractivity contribution in [1.29, 1.82) is 0 Å². The molecule has 0 aliphatic heterocycles. The summed E-state index contributed by atoms with van der Waals surface area (Å²) in [4.78, 5) is 12.8. The molecule has 0 heterocycles. The largest absolute Gasteiger partial charge is 0.546 e. The minimum Gasteiger partial charge on any atom is -0.546 e. The fourth-order valence-electron chi connectivity index (χ4n) is 5.42. The second-order valence-electron chi connectivity index (χ2n) is 9.52. The maximum atomic E-state index is 12.8. The summed E-state index contributed by atoms with van der Waals surface area (Å²) in [7, 11) is -2.18. The zero-order valence-electron chi connectivity index (χ0n) is 19.5. The molecular weight excluding hydrogens is 388 g/mol. The second-order valence-corrected chi connectivity index (χ2v) is 14.9. The molecule has 0 N–H and O–H groups in total. The van der Waals surface area contributed by atoms with Gasteiger partial charge in [0.15, 0.2) is 6.10 Å². The molecule has 0 aromatic heterocycles. The maximum Gasteiger partial charge on any atom is 0.339 e.